The number of anilines is 2. The number of piperidine rings is 1. The van der Waals surface area contributed by atoms with E-state index in [1.165, 1.54) is 19.0 Å². The fourth-order valence-corrected chi connectivity index (χ4v) is 6.41. The van der Waals surface area contributed by atoms with Crippen LogP contribution in [0.2, 0.25) is 25.7 Å². The Morgan fingerprint density at radius 2 is 1.95 bits per heavy atom. The molecule has 42 heavy (non-hydrogen) atoms. The average molecular weight is 589 g/mol. The van der Waals surface area contributed by atoms with Crippen LogP contribution in [-0.4, -0.2) is 62.5 Å². The highest BCUT2D eigenvalue weighted by Crippen LogP contribution is 2.37. The van der Waals surface area contributed by atoms with Crippen molar-refractivity contribution in [2.24, 2.45) is 5.92 Å². The minimum atomic E-state index is -1.24. The van der Waals surface area contributed by atoms with Crippen LogP contribution in [0.25, 0.3) is 21.8 Å². The Morgan fingerprint density at radius 1 is 1.14 bits per heavy atom. The van der Waals surface area contributed by atoms with Gasteiger partial charge < -0.3 is 20.7 Å². The second-order valence-corrected chi connectivity index (χ2v) is 18.7. The molecule has 1 saturated carbocycles. The summed E-state index contributed by atoms with van der Waals surface area (Å²) in [5.74, 6) is -0.700. The fourth-order valence-electron chi connectivity index (χ4n) is 5.66. The number of nitrogens with one attached hydrogen (secondary N) is 1. The van der Waals surface area contributed by atoms with Crippen molar-refractivity contribution in [1.82, 2.24) is 29.4 Å². The zero-order chi connectivity index (χ0) is 29.6. The molecule has 4 aromatic rings. The third-order valence-electron chi connectivity index (χ3n) is 8.29. The van der Waals surface area contributed by atoms with Crippen molar-refractivity contribution in [3.63, 3.8) is 0 Å². The quantitative estimate of drug-likeness (QED) is 0.169. The van der Waals surface area contributed by atoms with Gasteiger partial charge in [0, 0.05) is 32.8 Å². The topological polar surface area (TPSA) is 133 Å². The van der Waals surface area contributed by atoms with Crippen LogP contribution in [0.1, 0.15) is 50.3 Å². The molecule has 1 saturated heterocycles. The van der Waals surface area contributed by atoms with E-state index in [0.717, 1.165) is 35.4 Å². The number of amides is 2. The van der Waals surface area contributed by atoms with E-state index in [4.69, 9.17) is 15.6 Å². The maximum Gasteiger partial charge on any atom is 0.314 e. The first-order valence-electron chi connectivity index (χ1n) is 14.9. The molecule has 0 unspecified atom stereocenters. The number of nitrogens with two attached hydrogens (primary N) is 1. The summed E-state index contributed by atoms with van der Waals surface area (Å²) in [6.07, 6.45) is 9.28. The van der Waals surface area contributed by atoms with Gasteiger partial charge in [0.25, 0.3) is 0 Å². The second-order valence-electron chi connectivity index (χ2n) is 13.1. The van der Waals surface area contributed by atoms with Crippen LogP contribution in [0.5, 0.6) is 0 Å². The van der Waals surface area contributed by atoms with Crippen molar-refractivity contribution < 1.29 is 14.3 Å². The predicted octanol–water partition coefficient (Wildman–Crippen LogP) is 4.95. The Labute approximate surface area is 246 Å². The Kier molecular flexibility index (Phi) is 7.52. The lowest BCUT2D eigenvalue weighted by Crippen LogP contribution is -2.46. The summed E-state index contributed by atoms with van der Waals surface area (Å²) in [5, 5.41) is 13.7. The van der Waals surface area contributed by atoms with Gasteiger partial charge in [-0.25, -0.2) is 9.67 Å². The lowest BCUT2D eigenvalue weighted by Gasteiger charge is -2.38. The maximum absolute atomic E-state index is 13.7. The van der Waals surface area contributed by atoms with Crippen molar-refractivity contribution in [1.29, 1.82) is 0 Å². The molecule has 1 aliphatic heterocycles. The number of hydrogen-bond donors (Lipinski definition) is 2. The van der Waals surface area contributed by atoms with Gasteiger partial charge in [-0.05, 0) is 49.3 Å². The van der Waals surface area contributed by atoms with Crippen molar-refractivity contribution in [2.75, 3.05) is 24.2 Å². The van der Waals surface area contributed by atoms with E-state index in [9.17, 15) is 9.59 Å². The Morgan fingerprint density at radius 3 is 2.71 bits per heavy atom. The Hall–Kier alpha value is -3.77. The minimum absolute atomic E-state index is 0.204. The number of carbonyl (C=O) groups excluding carboxylic acids is 2. The number of rotatable bonds is 8. The number of hydrogen-bond acceptors (Lipinski definition) is 7. The van der Waals surface area contributed by atoms with Crippen LogP contribution in [0.4, 0.5) is 11.5 Å². The first-order chi connectivity index (χ1) is 20.1. The van der Waals surface area contributed by atoms with Crippen LogP contribution in [0.15, 0.2) is 36.8 Å². The average Bonchev–Trinajstić information content (AvgIpc) is 3.57. The van der Waals surface area contributed by atoms with Crippen molar-refractivity contribution in [3.05, 3.63) is 42.4 Å². The minimum Gasteiger partial charge on any atom is -0.383 e. The third-order valence-corrected chi connectivity index (χ3v) is 9.99. The van der Waals surface area contributed by atoms with Crippen molar-refractivity contribution >= 4 is 53.2 Å². The standard InChI is InChI=1S/C30H40N8O3Si/c1-19-5-10-26(20-6-7-21-17-37(22-8-9-22)35-24(21)13-20)36(16-19)30(40)29(39)34-25-15-32-28(31)23-14-33-38(27(23)25)18-41-11-12-42(2,3)4/h6-7,13-15,17,19,22,26H,5,8-12,16,18H2,1-4H3,(H2,31,32)(H,34,39)/t19-,26+/m0/s1. The number of carbonyl (C=O) groups is 2. The number of aromatic nitrogens is 5. The summed E-state index contributed by atoms with van der Waals surface area (Å²) >= 11 is 0. The van der Waals surface area contributed by atoms with Gasteiger partial charge in [0.1, 0.15) is 12.5 Å². The van der Waals surface area contributed by atoms with Crippen LogP contribution in [0, 0.1) is 5.92 Å². The lowest BCUT2D eigenvalue weighted by atomic mass is 9.89. The SMILES string of the molecule is C[C@H]1CC[C@H](c2ccc3cn(C4CC4)nc3c2)N(C(=O)C(=O)Nc2cnc(N)c3cnn(COCC[Si](C)(C)C)c23)C1. The first kappa shape index (κ1) is 28.4. The number of nitrogens with zero attached hydrogens (tertiary/aromatic N) is 6. The number of ether oxygens (including phenoxy) is 1. The molecule has 1 aromatic carbocycles. The zero-order valence-corrected chi connectivity index (χ0v) is 25.8. The molecule has 11 nitrogen and oxygen atoms in total. The van der Waals surface area contributed by atoms with Gasteiger partial charge in [0.15, 0.2) is 0 Å². The molecule has 1 aliphatic carbocycles. The molecule has 2 fully saturated rings. The van der Waals surface area contributed by atoms with Crippen LogP contribution >= 0.6 is 0 Å². The summed E-state index contributed by atoms with van der Waals surface area (Å²) in [6, 6.07) is 7.53. The van der Waals surface area contributed by atoms with Gasteiger partial charge in [-0.2, -0.15) is 10.2 Å². The van der Waals surface area contributed by atoms with E-state index in [-0.39, 0.29) is 18.7 Å². The second kappa shape index (κ2) is 11.1. The van der Waals surface area contributed by atoms with Gasteiger partial charge in [0.2, 0.25) is 0 Å². The molecular formula is C30H40N8O3Si. The first-order valence-corrected chi connectivity index (χ1v) is 18.6. The van der Waals surface area contributed by atoms with E-state index < -0.39 is 19.9 Å². The summed E-state index contributed by atoms with van der Waals surface area (Å²) in [7, 11) is -1.24. The fraction of sp³-hybridized carbons (Fsp3) is 0.500. The molecule has 0 bridgehead atoms. The maximum atomic E-state index is 13.7. The van der Waals surface area contributed by atoms with Crippen LogP contribution in [0.3, 0.4) is 0 Å². The molecule has 0 radical (unpaired) electrons. The predicted molar refractivity (Wildman–Crippen MR) is 166 cm³/mol. The molecule has 2 aliphatic rings. The molecule has 4 heterocycles. The lowest BCUT2D eigenvalue weighted by molar-refractivity contribution is -0.146. The highest BCUT2D eigenvalue weighted by atomic mass is 28.3. The molecule has 0 spiro atoms. The third kappa shape index (κ3) is 5.91. The van der Waals surface area contributed by atoms with Gasteiger partial charge >= 0.3 is 11.8 Å². The molecule has 6 rings (SSSR count). The summed E-state index contributed by atoms with van der Waals surface area (Å²) in [5.41, 5.74) is 9.00. The number of likely N-dealkylation sites (tertiary alicyclic amines) is 1. The summed E-state index contributed by atoms with van der Waals surface area (Å²) in [6.45, 7) is 10.3. The summed E-state index contributed by atoms with van der Waals surface area (Å²) in [4.78, 5) is 33.2. The van der Waals surface area contributed by atoms with Gasteiger partial charge in [0.05, 0.1) is 46.6 Å². The smallest absolute Gasteiger partial charge is 0.314 e. The number of nitrogen functional groups attached to an aromatic ring is 1. The van der Waals surface area contributed by atoms with E-state index in [1.54, 1.807) is 15.8 Å². The van der Waals surface area contributed by atoms with E-state index in [1.807, 2.05) is 0 Å². The van der Waals surface area contributed by atoms with Crippen molar-refractivity contribution in [3.8, 4) is 0 Å². The van der Waals surface area contributed by atoms with Gasteiger partial charge in [-0.3, -0.25) is 14.3 Å². The van der Waals surface area contributed by atoms with Gasteiger partial charge in [-0.1, -0.05) is 38.7 Å². The molecular weight excluding hydrogens is 548 g/mol. The monoisotopic (exact) mass is 588 g/mol. The normalized spacial score (nSPS) is 19.5. The molecule has 3 aromatic heterocycles. The highest BCUT2D eigenvalue weighted by molar-refractivity contribution is 6.76. The molecule has 12 heteroatoms. The number of benzene rings is 1. The molecule has 2 amide bonds. The zero-order valence-electron chi connectivity index (χ0n) is 24.8. The summed E-state index contributed by atoms with van der Waals surface area (Å²) < 4.78 is 9.61. The van der Waals surface area contributed by atoms with E-state index in [0.29, 0.717) is 41.6 Å². The van der Waals surface area contributed by atoms with Crippen molar-refractivity contribution in [2.45, 2.75) is 77.1 Å². The highest BCUT2D eigenvalue weighted by Gasteiger charge is 2.35. The number of fused-ring (bicyclic) bond motifs is 2. The van der Waals surface area contributed by atoms with Gasteiger partial charge in [-0.15, -0.1) is 0 Å². The largest absolute Gasteiger partial charge is 0.383 e. The Balaban J connectivity index is 1.22. The number of pyridine rings is 1. The molecule has 2 atom stereocenters. The van der Waals surface area contributed by atoms with E-state index >= 15 is 0 Å². The molecule has 222 valence electrons. The van der Waals surface area contributed by atoms with Crippen LogP contribution < -0.4 is 11.1 Å². The van der Waals surface area contributed by atoms with Crippen LogP contribution in [-0.2, 0) is 21.1 Å². The molecule has 3 N–H and O–H groups in total. The Bertz CT molecular complexity index is 1640. The van der Waals surface area contributed by atoms with E-state index in [2.05, 4.69) is 71.0 Å².